The van der Waals surface area contributed by atoms with E-state index in [1.807, 2.05) is 8.93 Å². The second kappa shape index (κ2) is 17.4. The second-order valence-electron chi connectivity index (χ2n) is 10.7. The molecule has 200 valence electrons. The monoisotopic (exact) mass is 626 g/mol. The van der Waals surface area contributed by atoms with Gasteiger partial charge in [0.25, 0.3) is 0 Å². The standard InChI is InChI=1S/C35H47IS/c1-4-6-8-10-12-14-16-29-19-25-35(37-36)34(27-29)32-23-21-31(22-24-32)33-26-28(3)18-20-30(33)17-15-13-11-9-7-5-2/h18-27H,4-17H2,1-3H3. The van der Waals surface area contributed by atoms with Crippen molar-refractivity contribution in [2.24, 2.45) is 0 Å². The fourth-order valence-corrected chi connectivity index (χ4v) is 6.77. The maximum atomic E-state index is 2.44. The Hall–Kier alpha value is -1.26. The van der Waals surface area contributed by atoms with Gasteiger partial charge in [-0.05, 0) is 72.1 Å². The molecular formula is C35H47IS. The van der Waals surface area contributed by atoms with Gasteiger partial charge in [0.2, 0.25) is 0 Å². The maximum absolute atomic E-state index is 2.44. The Morgan fingerprint density at radius 1 is 0.568 bits per heavy atom. The van der Waals surface area contributed by atoms with E-state index < -0.39 is 0 Å². The number of hydrogen-bond donors (Lipinski definition) is 0. The van der Waals surface area contributed by atoms with Crippen LogP contribution in [-0.4, -0.2) is 0 Å². The normalized spacial score (nSPS) is 11.2. The average molecular weight is 627 g/mol. The van der Waals surface area contributed by atoms with Crippen molar-refractivity contribution < 1.29 is 0 Å². The van der Waals surface area contributed by atoms with Crippen LogP contribution in [0.15, 0.2) is 65.6 Å². The first-order chi connectivity index (χ1) is 18.2. The van der Waals surface area contributed by atoms with Gasteiger partial charge < -0.3 is 0 Å². The van der Waals surface area contributed by atoms with Gasteiger partial charge in [-0.15, -0.1) is 0 Å². The van der Waals surface area contributed by atoms with Crippen LogP contribution in [0.1, 0.15) is 108 Å². The number of halogens is 1. The van der Waals surface area contributed by atoms with Gasteiger partial charge >= 0.3 is 0 Å². The van der Waals surface area contributed by atoms with Crippen molar-refractivity contribution in [1.29, 1.82) is 0 Å². The van der Waals surface area contributed by atoms with Gasteiger partial charge in [0.1, 0.15) is 0 Å². The topological polar surface area (TPSA) is 0 Å². The Balaban J connectivity index is 1.70. The third kappa shape index (κ3) is 10.1. The summed E-state index contributed by atoms with van der Waals surface area (Å²) in [7, 11) is 1.83. The molecule has 2 heteroatoms. The Kier molecular flexibility index (Phi) is 14.2. The lowest BCUT2D eigenvalue weighted by Crippen LogP contribution is -1.93. The number of unbranched alkanes of at least 4 members (excludes halogenated alkanes) is 10. The molecule has 0 unspecified atom stereocenters. The summed E-state index contributed by atoms with van der Waals surface area (Å²) < 4.78 is 0. The maximum Gasteiger partial charge on any atom is 0.0257 e. The van der Waals surface area contributed by atoms with Crippen LogP contribution >= 0.6 is 30.1 Å². The van der Waals surface area contributed by atoms with E-state index in [1.54, 1.807) is 0 Å². The summed E-state index contributed by atoms with van der Waals surface area (Å²) in [5, 5.41) is 0. The van der Waals surface area contributed by atoms with Crippen LogP contribution in [0.4, 0.5) is 0 Å². The Morgan fingerprint density at radius 3 is 1.76 bits per heavy atom. The van der Waals surface area contributed by atoms with Crippen LogP contribution in [0, 0.1) is 6.92 Å². The predicted molar refractivity (Wildman–Crippen MR) is 176 cm³/mol. The fraction of sp³-hybridized carbons (Fsp3) is 0.486. The fourth-order valence-electron chi connectivity index (χ4n) is 5.24. The number of hydrogen-bond acceptors (Lipinski definition) is 1. The minimum atomic E-state index is 1.18. The molecule has 0 spiro atoms. The van der Waals surface area contributed by atoms with Crippen LogP contribution in [0.5, 0.6) is 0 Å². The quantitative estimate of drug-likeness (QED) is 0.106. The number of rotatable bonds is 17. The van der Waals surface area contributed by atoms with Gasteiger partial charge in [-0.1, -0.05) is 147 Å². The third-order valence-electron chi connectivity index (χ3n) is 7.52. The molecule has 3 aromatic rings. The van der Waals surface area contributed by atoms with Crippen LogP contribution in [0.2, 0.25) is 0 Å². The highest BCUT2D eigenvalue weighted by Gasteiger charge is 2.10. The second-order valence-corrected chi connectivity index (χ2v) is 12.6. The highest BCUT2D eigenvalue weighted by Crippen LogP contribution is 2.37. The van der Waals surface area contributed by atoms with E-state index in [9.17, 15) is 0 Å². The summed E-state index contributed by atoms with van der Waals surface area (Å²) in [5.41, 5.74) is 9.79. The van der Waals surface area contributed by atoms with E-state index in [-0.39, 0.29) is 0 Å². The van der Waals surface area contributed by atoms with E-state index in [0.717, 1.165) is 0 Å². The molecule has 0 amide bonds. The Bertz CT molecular complexity index is 1050. The molecule has 0 fully saturated rings. The number of benzene rings is 3. The van der Waals surface area contributed by atoms with Crippen molar-refractivity contribution in [3.8, 4) is 22.3 Å². The molecule has 37 heavy (non-hydrogen) atoms. The first-order valence-electron chi connectivity index (χ1n) is 14.8. The molecule has 0 N–H and O–H groups in total. The third-order valence-corrected chi connectivity index (χ3v) is 9.46. The summed E-state index contributed by atoms with van der Waals surface area (Å²) in [6.07, 6.45) is 18.6. The summed E-state index contributed by atoms with van der Waals surface area (Å²) in [6, 6.07) is 23.5. The molecule has 3 aromatic carbocycles. The molecule has 0 aliphatic heterocycles. The van der Waals surface area contributed by atoms with Crippen molar-refractivity contribution >= 4 is 30.1 Å². The molecule has 0 aliphatic carbocycles. The van der Waals surface area contributed by atoms with Gasteiger partial charge in [-0.2, -0.15) is 0 Å². The van der Waals surface area contributed by atoms with Crippen molar-refractivity contribution in [1.82, 2.24) is 0 Å². The summed E-state index contributed by atoms with van der Waals surface area (Å²) in [4.78, 5) is 1.36. The van der Waals surface area contributed by atoms with E-state index in [4.69, 9.17) is 0 Å². The van der Waals surface area contributed by atoms with Crippen LogP contribution in [0.25, 0.3) is 22.3 Å². The molecule has 0 nitrogen and oxygen atoms in total. The molecular weight excluding hydrogens is 579 g/mol. The smallest absolute Gasteiger partial charge is 0.0257 e. The zero-order valence-electron chi connectivity index (χ0n) is 23.5. The molecule has 0 atom stereocenters. The Morgan fingerprint density at radius 2 is 1.14 bits per heavy atom. The van der Waals surface area contributed by atoms with E-state index in [0.29, 0.717) is 0 Å². The highest BCUT2D eigenvalue weighted by atomic mass is 127. The molecule has 0 saturated carbocycles. The molecule has 0 aromatic heterocycles. The van der Waals surface area contributed by atoms with Crippen molar-refractivity contribution in [3.63, 3.8) is 0 Å². The Labute approximate surface area is 244 Å². The lowest BCUT2D eigenvalue weighted by Gasteiger charge is -2.14. The van der Waals surface area contributed by atoms with Crippen molar-refractivity contribution in [3.05, 3.63) is 77.4 Å². The van der Waals surface area contributed by atoms with E-state index in [1.165, 1.54) is 134 Å². The van der Waals surface area contributed by atoms with Gasteiger partial charge in [-0.3, -0.25) is 0 Å². The van der Waals surface area contributed by atoms with Crippen molar-refractivity contribution in [2.45, 2.75) is 116 Å². The van der Waals surface area contributed by atoms with E-state index >= 15 is 0 Å². The van der Waals surface area contributed by atoms with Gasteiger partial charge in [0.15, 0.2) is 0 Å². The van der Waals surface area contributed by atoms with Crippen molar-refractivity contribution in [2.75, 3.05) is 0 Å². The molecule has 0 aliphatic rings. The van der Waals surface area contributed by atoms with Gasteiger partial charge in [-0.25, -0.2) is 0 Å². The molecule has 0 saturated heterocycles. The SMILES string of the molecule is CCCCCCCCc1ccc(SI)c(-c2ccc(-c3cc(C)ccc3CCCCCCCC)cc2)c1. The highest BCUT2D eigenvalue weighted by molar-refractivity contribution is 14.2. The molecule has 3 rings (SSSR count). The largest absolute Gasteiger partial charge is 0.0654 e. The average Bonchev–Trinajstić information content (AvgIpc) is 2.93. The van der Waals surface area contributed by atoms with Gasteiger partial charge in [0, 0.05) is 26.1 Å². The summed E-state index contributed by atoms with van der Waals surface area (Å²) in [5.74, 6) is 0. The molecule has 0 radical (unpaired) electrons. The zero-order valence-corrected chi connectivity index (χ0v) is 26.4. The van der Waals surface area contributed by atoms with Crippen LogP contribution < -0.4 is 0 Å². The summed E-state index contributed by atoms with van der Waals surface area (Å²) >= 11 is 2.43. The van der Waals surface area contributed by atoms with Crippen LogP contribution in [-0.2, 0) is 12.8 Å². The van der Waals surface area contributed by atoms with Crippen LogP contribution in [0.3, 0.4) is 0 Å². The minimum absolute atomic E-state index is 1.18. The first-order valence-corrected chi connectivity index (χ1v) is 18.1. The number of aryl methyl sites for hydroxylation is 3. The summed E-state index contributed by atoms with van der Waals surface area (Å²) in [6.45, 7) is 6.79. The predicted octanol–water partition coefficient (Wildman–Crippen LogP) is 12.6. The molecule has 0 bridgehead atoms. The zero-order chi connectivity index (χ0) is 26.3. The lowest BCUT2D eigenvalue weighted by molar-refractivity contribution is 0.607. The van der Waals surface area contributed by atoms with Gasteiger partial charge in [0.05, 0.1) is 0 Å². The first kappa shape index (κ1) is 30.3. The lowest BCUT2D eigenvalue weighted by atomic mass is 9.92. The minimum Gasteiger partial charge on any atom is -0.0654 e. The molecule has 0 heterocycles. The van der Waals surface area contributed by atoms with E-state index in [2.05, 4.69) is 103 Å².